The van der Waals surface area contributed by atoms with E-state index in [1.807, 2.05) is 0 Å². The van der Waals surface area contributed by atoms with Crippen LogP contribution < -0.4 is 4.74 Å². The summed E-state index contributed by atoms with van der Waals surface area (Å²) in [7, 11) is 1.38. The molecule has 1 aromatic carbocycles. The van der Waals surface area contributed by atoms with E-state index < -0.39 is 18.7 Å². The molecule has 1 rings (SSSR count). The monoisotopic (exact) mass is 234 g/mol. The topological polar surface area (TPSA) is 29.5 Å². The van der Waals surface area contributed by atoms with Crippen molar-refractivity contribution in [2.75, 3.05) is 7.11 Å². The van der Waals surface area contributed by atoms with Gasteiger partial charge in [0.15, 0.2) is 6.10 Å². The summed E-state index contributed by atoms with van der Waals surface area (Å²) in [6, 6.07) is 4.91. The van der Waals surface area contributed by atoms with Crippen LogP contribution in [-0.4, -0.2) is 24.5 Å². The van der Waals surface area contributed by atoms with Gasteiger partial charge in [-0.3, -0.25) is 0 Å². The molecule has 0 heterocycles. The minimum absolute atomic E-state index is 0.354. The second-order valence-corrected chi connectivity index (χ2v) is 3.58. The van der Waals surface area contributed by atoms with Gasteiger partial charge in [-0.25, -0.2) is 0 Å². The highest BCUT2D eigenvalue weighted by atomic mass is 19.4. The van der Waals surface area contributed by atoms with E-state index in [1.54, 1.807) is 25.1 Å². The quantitative estimate of drug-likeness (QED) is 0.870. The Labute approximate surface area is 91.7 Å². The van der Waals surface area contributed by atoms with Crippen LogP contribution in [0.5, 0.6) is 5.75 Å². The van der Waals surface area contributed by atoms with Gasteiger partial charge in [-0.15, -0.1) is 0 Å². The summed E-state index contributed by atoms with van der Waals surface area (Å²) in [6.07, 6.45) is -7.45. The minimum atomic E-state index is -4.60. The fraction of sp³-hybridized carbons (Fsp3) is 0.455. The van der Waals surface area contributed by atoms with E-state index in [9.17, 15) is 13.2 Å². The van der Waals surface area contributed by atoms with E-state index in [2.05, 4.69) is 0 Å². The Morgan fingerprint density at radius 2 is 2.00 bits per heavy atom. The molecule has 0 radical (unpaired) electrons. The zero-order valence-electron chi connectivity index (χ0n) is 9.01. The number of aliphatic hydroxyl groups excluding tert-OH is 1. The van der Waals surface area contributed by atoms with Gasteiger partial charge < -0.3 is 9.84 Å². The maximum absolute atomic E-state index is 12.2. The number of alkyl halides is 3. The van der Waals surface area contributed by atoms with Crippen molar-refractivity contribution in [3.63, 3.8) is 0 Å². The molecule has 0 aliphatic heterocycles. The Hall–Kier alpha value is -1.23. The third kappa shape index (κ3) is 3.13. The van der Waals surface area contributed by atoms with Gasteiger partial charge in [0.1, 0.15) is 5.75 Å². The van der Waals surface area contributed by atoms with Crippen molar-refractivity contribution in [1.29, 1.82) is 0 Å². The lowest BCUT2D eigenvalue weighted by molar-refractivity contribution is -0.203. The van der Waals surface area contributed by atoms with Crippen molar-refractivity contribution >= 4 is 0 Å². The van der Waals surface area contributed by atoms with E-state index >= 15 is 0 Å². The number of aliphatic hydroxyl groups is 1. The van der Waals surface area contributed by atoms with Crippen molar-refractivity contribution in [3.8, 4) is 5.75 Å². The van der Waals surface area contributed by atoms with Crippen LogP contribution in [0.3, 0.4) is 0 Å². The SMILES string of the molecule is COc1ccc(C)cc1C[C@@H](O)C(F)(F)F. The summed E-state index contributed by atoms with van der Waals surface area (Å²) >= 11 is 0. The third-order valence-corrected chi connectivity index (χ3v) is 2.23. The van der Waals surface area contributed by atoms with Crippen molar-refractivity contribution in [2.45, 2.75) is 25.6 Å². The molecule has 1 aromatic rings. The summed E-state index contributed by atoms with van der Waals surface area (Å²) in [6.45, 7) is 1.77. The highest BCUT2D eigenvalue weighted by Crippen LogP contribution is 2.27. The Balaban J connectivity index is 2.91. The molecule has 0 unspecified atom stereocenters. The van der Waals surface area contributed by atoms with Crippen LogP contribution in [0.1, 0.15) is 11.1 Å². The highest BCUT2D eigenvalue weighted by molar-refractivity contribution is 5.37. The van der Waals surface area contributed by atoms with Crippen molar-refractivity contribution in [2.24, 2.45) is 0 Å². The van der Waals surface area contributed by atoms with Crippen molar-refractivity contribution in [3.05, 3.63) is 29.3 Å². The second-order valence-electron chi connectivity index (χ2n) is 3.58. The minimum Gasteiger partial charge on any atom is -0.496 e. The third-order valence-electron chi connectivity index (χ3n) is 2.23. The Morgan fingerprint density at radius 1 is 1.38 bits per heavy atom. The zero-order chi connectivity index (χ0) is 12.3. The molecule has 0 amide bonds. The summed E-state index contributed by atoms with van der Waals surface area (Å²) in [4.78, 5) is 0. The number of benzene rings is 1. The number of halogens is 3. The molecule has 0 fully saturated rings. The molecule has 0 aliphatic carbocycles. The van der Waals surface area contributed by atoms with Gasteiger partial charge in [0, 0.05) is 6.42 Å². The van der Waals surface area contributed by atoms with Crippen LogP contribution in [0.2, 0.25) is 0 Å². The first-order valence-electron chi connectivity index (χ1n) is 4.73. The summed E-state index contributed by atoms with van der Waals surface area (Å²) in [5.74, 6) is 0.355. The molecular formula is C11H13F3O2. The Morgan fingerprint density at radius 3 is 2.50 bits per heavy atom. The van der Waals surface area contributed by atoms with E-state index in [-0.39, 0.29) is 0 Å². The average molecular weight is 234 g/mol. The Bertz CT molecular complexity index is 361. The van der Waals surface area contributed by atoms with Gasteiger partial charge in [0.25, 0.3) is 0 Å². The molecular weight excluding hydrogens is 221 g/mol. The van der Waals surface area contributed by atoms with Crippen LogP contribution in [0, 0.1) is 6.92 Å². The normalized spacial score (nSPS) is 13.6. The lowest BCUT2D eigenvalue weighted by Gasteiger charge is -2.16. The predicted molar refractivity (Wildman–Crippen MR) is 53.5 cm³/mol. The molecule has 0 aliphatic rings. The first-order valence-corrected chi connectivity index (χ1v) is 4.73. The average Bonchev–Trinajstić information content (AvgIpc) is 2.16. The van der Waals surface area contributed by atoms with Crippen molar-refractivity contribution in [1.82, 2.24) is 0 Å². The number of hydrogen-bond acceptors (Lipinski definition) is 2. The molecule has 0 bridgehead atoms. The van der Waals surface area contributed by atoms with E-state index in [0.29, 0.717) is 11.3 Å². The predicted octanol–water partition coefficient (Wildman–Crippen LogP) is 2.47. The van der Waals surface area contributed by atoms with Crippen LogP contribution in [0.25, 0.3) is 0 Å². The standard InChI is InChI=1S/C11H13F3O2/c1-7-3-4-9(16-2)8(5-7)6-10(15)11(12,13)14/h3-5,10,15H,6H2,1-2H3/t10-/m1/s1. The molecule has 16 heavy (non-hydrogen) atoms. The number of rotatable bonds is 3. The lowest BCUT2D eigenvalue weighted by atomic mass is 10.0. The molecule has 1 atom stereocenters. The molecule has 2 nitrogen and oxygen atoms in total. The van der Waals surface area contributed by atoms with E-state index in [1.165, 1.54) is 7.11 Å². The summed E-state index contributed by atoms with van der Waals surface area (Å²) < 4.78 is 41.5. The zero-order valence-corrected chi connectivity index (χ0v) is 9.01. The number of hydrogen-bond donors (Lipinski definition) is 1. The number of methoxy groups -OCH3 is 1. The highest BCUT2D eigenvalue weighted by Gasteiger charge is 2.38. The van der Waals surface area contributed by atoms with Crippen LogP contribution in [0.4, 0.5) is 13.2 Å². The first-order chi connectivity index (χ1) is 7.34. The molecule has 0 aromatic heterocycles. The smallest absolute Gasteiger partial charge is 0.414 e. The van der Waals surface area contributed by atoms with E-state index in [0.717, 1.165) is 5.56 Å². The summed E-state index contributed by atoms with van der Waals surface area (Å²) in [5, 5.41) is 8.97. The van der Waals surface area contributed by atoms with Crippen LogP contribution in [0.15, 0.2) is 18.2 Å². The van der Waals surface area contributed by atoms with Gasteiger partial charge in [-0.05, 0) is 18.6 Å². The van der Waals surface area contributed by atoms with Gasteiger partial charge >= 0.3 is 6.18 Å². The van der Waals surface area contributed by atoms with Crippen molar-refractivity contribution < 1.29 is 23.0 Å². The molecule has 0 spiro atoms. The van der Waals surface area contributed by atoms with Crippen LogP contribution >= 0.6 is 0 Å². The molecule has 0 saturated carbocycles. The molecule has 5 heteroatoms. The molecule has 90 valence electrons. The van der Waals surface area contributed by atoms with Gasteiger partial charge in [0.2, 0.25) is 0 Å². The van der Waals surface area contributed by atoms with Crippen LogP contribution in [-0.2, 0) is 6.42 Å². The lowest BCUT2D eigenvalue weighted by Crippen LogP contribution is -2.30. The second kappa shape index (κ2) is 4.74. The maximum atomic E-state index is 12.2. The molecule has 1 N–H and O–H groups in total. The first kappa shape index (κ1) is 12.8. The number of ether oxygens (including phenoxy) is 1. The Kier molecular flexibility index (Phi) is 3.80. The fourth-order valence-corrected chi connectivity index (χ4v) is 1.39. The van der Waals surface area contributed by atoms with Gasteiger partial charge in [-0.1, -0.05) is 17.7 Å². The fourth-order valence-electron chi connectivity index (χ4n) is 1.39. The van der Waals surface area contributed by atoms with Gasteiger partial charge in [-0.2, -0.15) is 13.2 Å². The summed E-state index contributed by atoms with van der Waals surface area (Å²) in [5.41, 5.74) is 1.18. The van der Waals surface area contributed by atoms with E-state index in [4.69, 9.17) is 9.84 Å². The molecule has 0 saturated heterocycles. The van der Waals surface area contributed by atoms with Gasteiger partial charge in [0.05, 0.1) is 7.11 Å². The maximum Gasteiger partial charge on any atom is 0.414 e. The number of aryl methyl sites for hydroxylation is 1. The largest absolute Gasteiger partial charge is 0.496 e.